The van der Waals surface area contributed by atoms with Gasteiger partial charge in [-0.25, -0.2) is 0 Å². The molecule has 0 saturated heterocycles. The molecule has 132 valence electrons. The molecule has 0 aliphatic carbocycles. The third-order valence-electron chi connectivity index (χ3n) is 4.40. The van der Waals surface area contributed by atoms with Gasteiger partial charge in [-0.3, -0.25) is 9.79 Å². The van der Waals surface area contributed by atoms with Crippen LogP contribution in [0.1, 0.15) is 57.9 Å². The molecule has 4 N–H and O–H groups in total. The Balaban J connectivity index is 1.87. The van der Waals surface area contributed by atoms with E-state index in [4.69, 9.17) is 5.73 Å². The Morgan fingerprint density at radius 1 is 1.33 bits per heavy atom. The molecule has 1 aromatic rings. The SMILES string of the molecule is CC(C)CCCC(C)NC(N)=NCC1CC(=O)Nc2ccccc21. The van der Waals surface area contributed by atoms with Gasteiger partial charge in [0.25, 0.3) is 0 Å². The van der Waals surface area contributed by atoms with Crippen LogP contribution in [0.25, 0.3) is 0 Å². The Morgan fingerprint density at radius 3 is 2.83 bits per heavy atom. The number of nitrogens with two attached hydrogens (primary N) is 1. The first kappa shape index (κ1) is 18.3. The average molecular weight is 330 g/mol. The number of anilines is 1. The number of aliphatic imine (C=N–C) groups is 1. The zero-order valence-electron chi connectivity index (χ0n) is 15.0. The van der Waals surface area contributed by atoms with Crippen LogP contribution in [0.15, 0.2) is 29.3 Å². The predicted octanol–water partition coefficient (Wildman–Crippen LogP) is 3.23. The van der Waals surface area contributed by atoms with Gasteiger partial charge < -0.3 is 16.4 Å². The second kappa shape index (κ2) is 8.71. The smallest absolute Gasteiger partial charge is 0.225 e. The fourth-order valence-corrected chi connectivity index (χ4v) is 3.08. The summed E-state index contributed by atoms with van der Waals surface area (Å²) >= 11 is 0. The number of guanidine groups is 1. The molecule has 0 saturated carbocycles. The number of hydrogen-bond acceptors (Lipinski definition) is 2. The van der Waals surface area contributed by atoms with E-state index in [1.165, 1.54) is 12.8 Å². The lowest BCUT2D eigenvalue weighted by molar-refractivity contribution is -0.116. The topological polar surface area (TPSA) is 79.5 Å². The van der Waals surface area contributed by atoms with E-state index in [-0.39, 0.29) is 11.8 Å². The first-order chi connectivity index (χ1) is 11.5. The van der Waals surface area contributed by atoms with E-state index >= 15 is 0 Å². The van der Waals surface area contributed by atoms with Gasteiger partial charge >= 0.3 is 0 Å². The Hall–Kier alpha value is -2.04. The first-order valence-corrected chi connectivity index (χ1v) is 8.91. The average Bonchev–Trinajstić information content (AvgIpc) is 2.52. The van der Waals surface area contributed by atoms with Crippen LogP contribution in [0.4, 0.5) is 5.69 Å². The van der Waals surface area contributed by atoms with Crippen LogP contribution in [0.3, 0.4) is 0 Å². The van der Waals surface area contributed by atoms with Crippen LogP contribution < -0.4 is 16.4 Å². The van der Waals surface area contributed by atoms with Crippen LogP contribution in [0, 0.1) is 5.92 Å². The quantitative estimate of drug-likeness (QED) is 0.530. The molecule has 0 fully saturated rings. The highest BCUT2D eigenvalue weighted by molar-refractivity contribution is 5.94. The van der Waals surface area contributed by atoms with Gasteiger partial charge in [-0.05, 0) is 30.9 Å². The Kier molecular flexibility index (Phi) is 6.64. The summed E-state index contributed by atoms with van der Waals surface area (Å²) < 4.78 is 0. The molecule has 1 aromatic carbocycles. The number of hydrogen-bond donors (Lipinski definition) is 3. The minimum absolute atomic E-state index is 0.0440. The lowest BCUT2D eigenvalue weighted by atomic mass is 9.91. The maximum atomic E-state index is 11.8. The van der Waals surface area contributed by atoms with Gasteiger partial charge in [0.1, 0.15) is 0 Å². The molecule has 1 amide bonds. The van der Waals surface area contributed by atoms with E-state index in [1.54, 1.807) is 0 Å². The predicted molar refractivity (Wildman–Crippen MR) is 100 cm³/mol. The lowest BCUT2D eigenvalue weighted by Crippen LogP contribution is -2.39. The van der Waals surface area contributed by atoms with Crippen molar-refractivity contribution in [2.24, 2.45) is 16.6 Å². The summed E-state index contributed by atoms with van der Waals surface area (Å²) in [5.41, 5.74) is 8.05. The van der Waals surface area contributed by atoms with E-state index in [0.717, 1.165) is 23.6 Å². The second-order valence-electron chi connectivity index (χ2n) is 7.13. The Labute approximate surface area is 145 Å². The zero-order chi connectivity index (χ0) is 17.5. The highest BCUT2D eigenvalue weighted by atomic mass is 16.1. The molecule has 1 aliphatic rings. The van der Waals surface area contributed by atoms with Crippen molar-refractivity contribution in [3.05, 3.63) is 29.8 Å². The number of fused-ring (bicyclic) bond motifs is 1. The summed E-state index contributed by atoms with van der Waals surface area (Å²) in [6.45, 7) is 7.15. The monoisotopic (exact) mass is 330 g/mol. The van der Waals surface area contributed by atoms with Crippen LogP contribution in [0.2, 0.25) is 0 Å². The number of rotatable bonds is 7. The van der Waals surface area contributed by atoms with Crippen LogP contribution in [-0.2, 0) is 4.79 Å². The summed E-state index contributed by atoms with van der Waals surface area (Å²) in [6.07, 6.45) is 3.97. The fraction of sp³-hybridized carbons (Fsp3) is 0.579. The molecule has 0 bridgehead atoms. The van der Waals surface area contributed by atoms with Crippen molar-refractivity contribution in [3.8, 4) is 0 Å². The van der Waals surface area contributed by atoms with Gasteiger partial charge in [-0.2, -0.15) is 0 Å². The van der Waals surface area contributed by atoms with Crippen LogP contribution in [-0.4, -0.2) is 24.5 Å². The normalized spacial score (nSPS) is 18.9. The molecule has 2 unspecified atom stereocenters. The van der Waals surface area contributed by atoms with Crippen molar-refractivity contribution in [1.82, 2.24) is 5.32 Å². The number of para-hydroxylation sites is 1. The van der Waals surface area contributed by atoms with Gasteiger partial charge in [-0.15, -0.1) is 0 Å². The molecule has 0 radical (unpaired) electrons. The summed E-state index contributed by atoms with van der Waals surface area (Å²) in [5, 5.41) is 6.16. The number of carbonyl (C=O) groups excluding carboxylic acids is 1. The highest BCUT2D eigenvalue weighted by Gasteiger charge is 2.24. The summed E-state index contributed by atoms with van der Waals surface area (Å²) in [5.74, 6) is 1.34. The molecular formula is C19H30N4O. The van der Waals surface area contributed by atoms with E-state index in [9.17, 15) is 4.79 Å². The number of amides is 1. The molecule has 24 heavy (non-hydrogen) atoms. The Bertz CT molecular complexity index is 582. The van der Waals surface area contributed by atoms with Gasteiger partial charge in [0.2, 0.25) is 5.91 Å². The van der Waals surface area contributed by atoms with Crippen molar-refractivity contribution in [3.63, 3.8) is 0 Å². The van der Waals surface area contributed by atoms with Gasteiger partial charge in [0, 0.05) is 24.1 Å². The lowest BCUT2D eigenvalue weighted by Gasteiger charge is -2.24. The molecule has 5 nitrogen and oxygen atoms in total. The molecule has 2 rings (SSSR count). The summed E-state index contributed by atoms with van der Waals surface area (Å²) in [4.78, 5) is 16.3. The maximum Gasteiger partial charge on any atom is 0.225 e. The first-order valence-electron chi connectivity index (χ1n) is 8.91. The number of benzene rings is 1. The van der Waals surface area contributed by atoms with E-state index in [2.05, 4.69) is 36.4 Å². The van der Waals surface area contributed by atoms with E-state index < -0.39 is 0 Å². The van der Waals surface area contributed by atoms with Crippen LogP contribution in [0.5, 0.6) is 0 Å². The number of nitrogens with one attached hydrogen (secondary N) is 2. The highest BCUT2D eigenvalue weighted by Crippen LogP contribution is 2.31. The van der Waals surface area contributed by atoms with Gasteiger partial charge in [0.15, 0.2) is 5.96 Å². The zero-order valence-corrected chi connectivity index (χ0v) is 15.0. The number of carbonyl (C=O) groups is 1. The largest absolute Gasteiger partial charge is 0.370 e. The van der Waals surface area contributed by atoms with E-state index in [0.29, 0.717) is 25.0 Å². The minimum Gasteiger partial charge on any atom is -0.370 e. The minimum atomic E-state index is 0.0440. The molecule has 1 heterocycles. The third-order valence-corrected chi connectivity index (χ3v) is 4.40. The van der Waals surface area contributed by atoms with Crippen molar-refractivity contribution in [2.75, 3.05) is 11.9 Å². The third kappa shape index (κ3) is 5.55. The van der Waals surface area contributed by atoms with Gasteiger partial charge in [-0.1, -0.05) is 44.9 Å². The van der Waals surface area contributed by atoms with Crippen molar-refractivity contribution >= 4 is 17.6 Å². The summed E-state index contributed by atoms with van der Waals surface area (Å²) in [7, 11) is 0. The summed E-state index contributed by atoms with van der Waals surface area (Å²) in [6, 6.07) is 8.22. The standard InChI is InChI=1S/C19H30N4O/c1-13(2)7-6-8-14(3)22-19(20)21-12-15-11-18(24)23-17-10-5-4-9-16(15)17/h4-5,9-10,13-15H,6-8,11-12H2,1-3H3,(H,23,24)(H3,20,21,22). The molecule has 1 aliphatic heterocycles. The van der Waals surface area contributed by atoms with Gasteiger partial charge in [0.05, 0.1) is 6.54 Å². The molecule has 0 spiro atoms. The van der Waals surface area contributed by atoms with Crippen molar-refractivity contribution < 1.29 is 4.79 Å². The fourth-order valence-electron chi connectivity index (χ4n) is 3.08. The van der Waals surface area contributed by atoms with Crippen LogP contribution >= 0.6 is 0 Å². The molecule has 2 atom stereocenters. The molecule has 5 heteroatoms. The second-order valence-corrected chi connectivity index (χ2v) is 7.13. The number of nitrogens with zero attached hydrogens (tertiary/aromatic N) is 1. The Morgan fingerprint density at radius 2 is 2.08 bits per heavy atom. The molecular weight excluding hydrogens is 300 g/mol. The van der Waals surface area contributed by atoms with E-state index in [1.807, 2.05) is 24.3 Å². The van der Waals surface area contributed by atoms with Crippen molar-refractivity contribution in [2.45, 2.75) is 58.4 Å². The molecule has 0 aromatic heterocycles. The van der Waals surface area contributed by atoms with Crippen molar-refractivity contribution in [1.29, 1.82) is 0 Å². The maximum absolute atomic E-state index is 11.8.